The van der Waals surface area contributed by atoms with Gasteiger partial charge in [0.15, 0.2) is 0 Å². The van der Waals surface area contributed by atoms with Crippen molar-refractivity contribution in [3.63, 3.8) is 0 Å². The van der Waals surface area contributed by atoms with E-state index >= 15 is 0 Å². The molecule has 4 rings (SSSR count). The van der Waals surface area contributed by atoms with Gasteiger partial charge in [-0.05, 0) is 12.1 Å². The molecule has 0 unspecified atom stereocenters. The van der Waals surface area contributed by atoms with Crippen molar-refractivity contribution in [2.45, 2.75) is 19.9 Å². The number of hydrogen-bond donors (Lipinski definition) is 0. The van der Waals surface area contributed by atoms with E-state index in [1.807, 2.05) is 6.92 Å². The first-order valence-electron chi connectivity index (χ1n) is 8.56. The molecule has 3 aromatic rings. The van der Waals surface area contributed by atoms with Crippen LogP contribution in [0.25, 0.3) is 22.5 Å². The first-order valence-corrected chi connectivity index (χ1v) is 8.56. The molecule has 24 heavy (non-hydrogen) atoms. The molecule has 6 heteroatoms. The highest BCUT2D eigenvalue weighted by molar-refractivity contribution is 5.85. The third kappa shape index (κ3) is 2.95. The van der Waals surface area contributed by atoms with Crippen LogP contribution in [0, 0.1) is 0 Å². The molecule has 0 spiro atoms. The van der Waals surface area contributed by atoms with Crippen molar-refractivity contribution >= 4 is 10.9 Å². The lowest BCUT2D eigenvalue weighted by Crippen LogP contribution is -2.38. The molecule has 0 bridgehead atoms. The molecule has 1 aliphatic heterocycles. The van der Waals surface area contributed by atoms with E-state index in [2.05, 4.69) is 50.0 Å². The number of aromatic nitrogens is 3. The first-order chi connectivity index (χ1) is 11.8. The van der Waals surface area contributed by atoms with Crippen LogP contribution >= 0.6 is 0 Å². The largest absolute Gasteiger partial charge is 0.419 e. The minimum Gasteiger partial charge on any atom is -0.419 e. The van der Waals surface area contributed by atoms with Crippen LogP contribution in [0.5, 0.6) is 0 Å². The molecule has 1 aromatic carbocycles. The number of rotatable bonds is 5. The summed E-state index contributed by atoms with van der Waals surface area (Å²) in [6.45, 7) is 7.54. The molecular formula is C18H22N4O2. The Morgan fingerprint density at radius 3 is 2.71 bits per heavy atom. The number of benzene rings is 1. The van der Waals surface area contributed by atoms with Gasteiger partial charge in [0.1, 0.15) is 5.69 Å². The van der Waals surface area contributed by atoms with Gasteiger partial charge in [-0.15, -0.1) is 10.2 Å². The number of morpholine rings is 1. The predicted octanol–water partition coefficient (Wildman–Crippen LogP) is 2.59. The Morgan fingerprint density at radius 1 is 1.08 bits per heavy atom. The highest BCUT2D eigenvalue weighted by atomic mass is 16.5. The minimum atomic E-state index is 0.602. The zero-order chi connectivity index (χ0) is 16.4. The summed E-state index contributed by atoms with van der Waals surface area (Å²) in [5.41, 5.74) is 2.20. The van der Waals surface area contributed by atoms with E-state index in [1.165, 1.54) is 10.9 Å². The summed E-state index contributed by atoms with van der Waals surface area (Å²) in [6, 6.07) is 10.5. The maximum atomic E-state index is 5.80. The van der Waals surface area contributed by atoms with Gasteiger partial charge < -0.3 is 13.7 Å². The van der Waals surface area contributed by atoms with Gasteiger partial charge in [0.25, 0.3) is 5.89 Å². The molecule has 1 saturated heterocycles. The summed E-state index contributed by atoms with van der Waals surface area (Å²) in [6.07, 6.45) is 0.751. The highest BCUT2D eigenvalue weighted by Gasteiger charge is 2.17. The Hall–Kier alpha value is -2.18. The zero-order valence-electron chi connectivity index (χ0n) is 13.9. The van der Waals surface area contributed by atoms with Gasteiger partial charge in [0, 0.05) is 43.5 Å². The number of hydrogen-bond acceptors (Lipinski definition) is 5. The van der Waals surface area contributed by atoms with Crippen LogP contribution in [0.15, 0.2) is 34.7 Å². The van der Waals surface area contributed by atoms with E-state index in [1.54, 1.807) is 0 Å². The summed E-state index contributed by atoms with van der Waals surface area (Å²) in [5.74, 6) is 1.28. The van der Waals surface area contributed by atoms with Crippen LogP contribution in [0.4, 0.5) is 0 Å². The maximum Gasteiger partial charge on any atom is 0.264 e. The van der Waals surface area contributed by atoms with Crippen molar-refractivity contribution in [3.05, 3.63) is 36.2 Å². The fourth-order valence-electron chi connectivity index (χ4n) is 3.19. The monoisotopic (exact) mass is 326 g/mol. The molecular weight excluding hydrogens is 304 g/mol. The van der Waals surface area contributed by atoms with E-state index in [0.29, 0.717) is 11.8 Å². The minimum absolute atomic E-state index is 0.602. The third-order valence-electron chi connectivity index (χ3n) is 4.54. The van der Waals surface area contributed by atoms with E-state index in [-0.39, 0.29) is 0 Å². The molecule has 6 nitrogen and oxygen atoms in total. The molecule has 1 aliphatic rings. The number of nitrogens with zero attached hydrogens (tertiary/aromatic N) is 4. The Balaban J connectivity index is 1.67. The molecule has 126 valence electrons. The average molecular weight is 326 g/mol. The quantitative estimate of drug-likeness (QED) is 0.721. The normalized spacial score (nSPS) is 16.0. The first kappa shape index (κ1) is 15.4. The Kier molecular flexibility index (Phi) is 4.32. The van der Waals surface area contributed by atoms with E-state index < -0.39 is 0 Å². The molecule has 0 amide bonds. The van der Waals surface area contributed by atoms with Crippen LogP contribution in [0.3, 0.4) is 0 Å². The number of fused-ring (bicyclic) bond motifs is 1. The van der Waals surface area contributed by atoms with Crippen molar-refractivity contribution in [1.82, 2.24) is 19.7 Å². The molecule has 1 fully saturated rings. The second-order valence-corrected chi connectivity index (χ2v) is 6.05. The van der Waals surface area contributed by atoms with Crippen LogP contribution in [-0.4, -0.2) is 52.5 Å². The Bertz CT molecular complexity index is 817. The lowest BCUT2D eigenvalue weighted by Gasteiger charge is -2.27. The smallest absolute Gasteiger partial charge is 0.264 e. The molecule has 0 N–H and O–H groups in total. The van der Waals surface area contributed by atoms with E-state index in [0.717, 1.165) is 51.5 Å². The van der Waals surface area contributed by atoms with Crippen molar-refractivity contribution in [1.29, 1.82) is 0 Å². The van der Waals surface area contributed by atoms with Gasteiger partial charge in [-0.25, -0.2) is 0 Å². The molecule has 0 atom stereocenters. The highest BCUT2D eigenvalue weighted by Crippen LogP contribution is 2.27. The Morgan fingerprint density at radius 2 is 1.92 bits per heavy atom. The van der Waals surface area contributed by atoms with Crippen LogP contribution in [0.2, 0.25) is 0 Å². The molecule has 3 heterocycles. The lowest BCUT2D eigenvalue weighted by atomic mass is 10.2. The average Bonchev–Trinajstić information content (AvgIpc) is 3.25. The number of aryl methyl sites for hydroxylation is 1. The van der Waals surface area contributed by atoms with E-state index in [4.69, 9.17) is 9.15 Å². The summed E-state index contributed by atoms with van der Waals surface area (Å²) in [7, 11) is 0. The fourth-order valence-corrected chi connectivity index (χ4v) is 3.19. The van der Waals surface area contributed by atoms with Crippen molar-refractivity contribution in [3.8, 4) is 11.6 Å². The van der Waals surface area contributed by atoms with Gasteiger partial charge in [0.05, 0.1) is 13.2 Å². The second kappa shape index (κ2) is 6.75. The maximum absolute atomic E-state index is 5.80. The third-order valence-corrected chi connectivity index (χ3v) is 4.54. The van der Waals surface area contributed by atoms with Gasteiger partial charge in [-0.1, -0.05) is 25.1 Å². The standard InChI is InChI=1S/C18H22N4O2/c1-2-17-19-20-18(24-17)16-13-14-5-3-4-6-15(14)22(16)8-7-21-9-11-23-12-10-21/h3-6,13H,2,7-12H2,1H3. The van der Waals surface area contributed by atoms with Crippen LogP contribution in [0.1, 0.15) is 12.8 Å². The van der Waals surface area contributed by atoms with Crippen molar-refractivity contribution < 1.29 is 9.15 Å². The second-order valence-electron chi connectivity index (χ2n) is 6.05. The van der Waals surface area contributed by atoms with Crippen LogP contribution < -0.4 is 0 Å². The number of para-hydroxylation sites is 1. The van der Waals surface area contributed by atoms with Gasteiger partial charge in [0.2, 0.25) is 5.89 Å². The van der Waals surface area contributed by atoms with Gasteiger partial charge in [-0.3, -0.25) is 4.90 Å². The van der Waals surface area contributed by atoms with Gasteiger partial charge in [-0.2, -0.15) is 0 Å². The molecule has 2 aromatic heterocycles. The summed E-state index contributed by atoms with van der Waals surface area (Å²) < 4.78 is 13.5. The number of ether oxygens (including phenoxy) is 1. The van der Waals surface area contributed by atoms with Crippen molar-refractivity contribution in [2.24, 2.45) is 0 Å². The lowest BCUT2D eigenvalue weighted by molar-refractivity contribution is 0.0366. The molecule has 0 aliphatic carbocycles. The topological polar surface area (TPSA) is 56.3 Å². The molecule has 0 radical (unpaired) electrons. The van der Waals surface area contributed by atoms with E-state index in [9.17, 15) is 0 Å². The Labute approximate surface area is 141 Å². The predicted molar refractivity (Wildman–Crippen MR) is 91.9 cm³/mol. The SMILES string of the molecule is CCc1nnc(-c2cc3ccccc3n2CCN2CCOCC2)o1. The summed E-state index contributed by atoms with van der Waals surface area (Å²) >= 11 is 0. The van der Waals surface area contributed by atoms with Crippen LogP contribution in [-0.2, 0) is 17.7 Å². The zero-order valence-corrected chi connectivity index (χ0v) is 13.9. The summed E-state index contributed by atoms with van der Waals surface area (Å²) in [5, 5.41) is 9.55. The summed E-state index contributed by atoms with van der Waals surface area (Å²) in [4.78, 5) is 2.44. The molecule has 0 saturated carbocycles. The van der Waals surface area contributed by atoms with Gasteiger partial charge >= 0.3 is 0 Å². The fraction of sp³-hybridized carbons (Fsp3) is 0.444. The van der Waals surface area contributed by atoms with Crippen molar-refractivity contribution in [2.75, 3.05) is 32.8 Å².